The minimum absolute atomic E-state index is 0.00955. The van der Waals surface area contributed by atoms with Gasteiger partial charge < -0.3 is 0 Å². The number of hydrogen-bond acceptors (Lipinski definition) is 3. The normalized spacial score (nSPS) is 19.6. The first-order chi connectivity index (χ1) is 6.16. The predicted octanol–water partition coefficient (Wildman–Crippen LogP) is 1.18. The van der Waals surface area contributed by atoms with Crippen LogP contribution in [0.5, 0.6) is 0 Å². The fourth-order valence-corrected chi connectivity index (χ4v) is 1.48. The first-order valence-corrected chi connectivity index (χ1v) is 4.34. The van der Waals surface area contributed by atoms with Gasteiger partial charge >= 0.3 is 0 Å². The Labute approximate surface area is 77.5 Å². The molecule has 0 N–H and O–H groups in total. The van der Waals surface area contributed by atoms with Gasteiger partial charge in [0.1, 0.15) is 17.5 Å². The lowest BCUT2D eigenvalue weighted by Crippen LogP contribution is -2.22. The number of hydrogen-bond donors (Lipinski definition) is 0. The third-order valence-electron chi connectivity index (χ3n) is 2.15. The van der Waals surface area contributed by atoms with Crippen LogP contribution >= 0.6 is 0 Å². The largest absolute Gasteiger partial charge is 0.298 e. The summed E-state index contributed by atoms with van der Waals surface area (Å²) in [5, 5.41) is 0. The summed E-state index contributed by atoms with van der Waals surface area (Å²) >= 11 is 0. The van der Waals surface area contributed by atoms with Crippen LogP contribution in [-0.4, -0.2) is 23.8 Å². The second kappa shape index (κ2) is 4.12. The van der Waals surface area contributed by atoms with E-state index in [4.69, 9.17) is 0 Å². The monoisotopic (exact) mass is 179 g/mol. The van der Waals surface area contributed by atoms with Crippen molar-refractivity contribution in [2.45, 2.75) is 19.8 Å². The molecule has 1 saturated carbocycles. The van der Waals surface area contributed by atoms with Crippen LogP contribution in [-0.2, 0) is 9.59 Å². The third-order valence-corrected chi connectivity index (χ3v) is 2.15. The van der Waals surface area contributed by atoms with Crippen molar-refractivity contribution < 1.29 is 9.59 Å². The highest BCUT2D eigenvalue weighted by molar-refractivity contribution is 6.24. The Bertz CT molecular complexity index is 263. The SMILES string of the molecule is C=CCN=C(C)C1C(=O)CCC1=O. The zero-order chi connectivity index (χ0) is 9.84. The van der Waals surface area contributed by atoms with Crippen molar-refractivity contribution in [3.05, 3.63) is 12.7 Å². The molecule has 1 aliphatic rings. The van der Waals surface area contributed by atoms with Gasteiger partial charge in [0, 0.05) is 18.6 Å². The van der Waals surface area contributed by atoms with E-state index in [0.717, 1.165) is 0 Å². The maximum absolute atomic E-state index is 11.3. The van der Waals surface area contributed by atoms with E-state index in [0.29, 0.717) is 25.1 Å². The predicted molar refractivity (Wildman–Crippen MR) is 50.9 cm³/mol. The molecule has 1 rings (SSSR count). The molecule has 0 atom stereocenters. The van der Waals surface area contributed by atoms with E-state index in [1.54, 1.807) is 13.0 Å². The second-order valence-electron chi connectivity index (χ2n) is 3.14. The maximum atomic E-state index is 11.3. The highest BCUT2D eigenvalue weighted by atomic mass is 16.2. The number of carbonyl (C=O) groups excluding carboxylic acids is 2. The molecular weight excluding hydrogens is 166 g/mol. The molecule has 13 heavy (non-hydrogen) atoms. The smallest absolute Gasteiger partial charge is 0.149 e. The van der Waals surface area contributed by atoms with Gasteiger partial charge in [0.2, 0.25) is 0 Å². The van der Waals surface area contributed by atoms with Crippen LogP contribution in [0.25, 0.3) is 0 Å². The Morgan fingerprint density at radius 1 is 1.54 bits per heavy atom. The summed E-state index contributed by atoms with van der Waals surface area (Å²) in [5.74, 6) is -0.537. The Hall–Kier alpha value is -1.25. The van der Waals surface area contributed by atoms with Crippen LogP contribution in [0.15, 0.2) is 17.6 Å². The second-order valence-corrected chi connectivity index (χ2v) is 3.14. The lowest BCUT2D eigenvalue weighted by Gasteiger charge is -2.04. The molecule has 0 heterocycles. The van der Waals surface area contributed by atoms with E-state index in [-0.39, 0.29) is 11.6 Å². The van der Waals surface area contributed by atoms with Crippen LogP contribution in [0.2, 0.25) is 0 Å². The number of aliphatic imine (C=N–C) groups is 1. The van der Waals surface area contributed by atoms with Crippen molar-refractivity contribution in [3.8, 4) is 0 Å². The van der Waals surface area contributed by atoms with E-state index in [1.165, 1.54) is 0 Å². The Kier molecular flexibility index (Phi) is 3.12. The summed E-state index contributed by atoms with van der Waals surface area (Å²) in [6, 6.07) is 0. The van der Waals surface area contributed by atoms with Gasteiger partial charge in [-0.05, 0) is 6.92 Å². The first kappa shape index (κ1) is 9.84. The molecule has 0 unspecified atom stereocenters. The topological polar surface area (TPSA) is 46.5 Å². The standard InChI is InChI=1S/C10H13NO2/c1-3-6-11-7(2)10-8(12)4-5-9(10)13/h3,10H,1,4-6H2,2H3. The average Bonchev–Trinajstić information content (AvgIpc) is 2.42. The van der Waals surface area contributed by atoms with E-state index in [1.807, 2.05) is 0 Å². The highest BCUT2D eigenvalue weighted by Crippen LogP contribution is 2.19. The van der Waals surface area contributed by atoms with E-state index in [9.17, 15) is 9.59 Å². The molecule has 0 spiro atoms. The fraction of sp³-hybridized carbons (Fsp3) is 0.500. The summed E-state index contributed by atoms with van der Waals surface area (Å²) in [5.41, 5.74) is 0.632. The van der Waals surface area contributed by atoms with Gasteiger partial charge in [0.25, 0.3) is 0 Å². The fourth-order valence-electron chi connectivity index (χ4n) is 1.48. The summed E-state index contributed by atoms with van der Waals surface area (Å²) in [6.07, 6.45) is 2.41. The number of carbonyl (C=O) groups is 2. The van der Waals surface area contributed by atoms with Crippen LogP contribution < -0.4 is 0 Å². The average molecular weight is 179 g/mol. The van der Waals surface area contributed by atoms with Crippen molar-refractivity contribution in [1.82, 2.24) is 0 Å². The van der Waals surface area contributed by atoms with Gasteiger partial charge in [-0.15, -0.1) is 6.58 Å². The molecule has 0 aromatic heterocycles. The van der Waals surface area contributed by atoms with Crippen molar-refractivity contribution in [1.29, 1.82) is 0 Å². The molecule has 0 amide bonds. The summed E-state index contributed by atoms with van der Waals surface area (Å²) < 4.78 is 0. The van der Waals surface area contributed by atoms with E-state index >= 15 is 0 Å². The lowest BCUT2D eigenvalue weighted by atomic mass is 10.0. The van der Waals surface area contributed by atoms with Crippen molar-refractivity contribution in [3.63, 3.8) is 0 Å². The lowest BCUT2D eigenvalue weighted by molar-refractivity contribution is -0.124. The Morgan fingerprint density at radius 2 is 2.08 bits per heavy atom. The molecule has 0 aliphatic heterocycles. The van der Waals surface area contributed by atoms with E-state index in [2.05, 4.69) is 11.6 Å². The van der Waals surface area contributed by atoms with Crippen LogP contribution in [0.4, 0.5) is 0 Å². The molecule has 0 aromatic rings. The van der Waals surface area contributed by atoms with Crippen LogP contribution in [0.3, 0.4) is 0 Å². The van der Waals surface area contributed by atoms with E-state index < -0.39 is 5.92 Å². The van der Waals surface area contributed by atoms with Gasteiger partial charge in [0.05, 0.1) is 6.54 Å². The Balaban J connectivity index is 2.74. The van der Waals surface area contributed by atoms with Gasteiger partial charge in [0.15, 0.2) is 0 Å². The molecule has 3 nitrogen and oxygen atoms in total. The number of Topliss-reactive ketones (excluding diaryl/α,β-unsaturated/α-hetero) is 2. The summed E-state index contributed by atoms with van der Waals surface area (Å²) in [7, 11) is 0. The van der Waals surface area contributed by atoms with Crippen molar-refractivity contribution >= 4 is 17.3 Å². The van der Waals surface area contributed by atoms with Crippen LogP contribution in [0, 0.1) is 5.92 Å². The number of ketones is 2. The summed E-state index contributed by atoms with van der Waals surface area (Å²) in [4.78, 5) is 26.6. The minimum Gasteiger partial charge on any atom is -0.298 e. The van der Waals surface area contributed by atoms with Crippen molar-refractivity contribution in [2.24, 2.45) is 10.9 Å². The zero-order valence-corrected chi connectivity index (χ0v) is 7.75. The minimum atomic E-state index is -0.556. The molecular formula is C10H13NO2. The summed E-state index contributed by atoms with van der Waals surface area (Å²) in [6.45, 7) is 5.73. The van der Waals surface area contributed by atoms with Gasteiger partial charge in [-0.25, -0.2) is 0 Å². The first-order valence-electron chi connectivity index (χ1n) is 4.34. The van der Waals surface area contributed by atoms with Crippen LogP contribution in [0.1, 0.15) is 19.8 Å². The molecule has 3 heteroatoms. The number of nitrogens with zero attached hydrogens (tertiary/aromatic N) is 1. The van der Waals surface area contributed by atoms with Crippen molar-refractivity contribution in [2.75, 3.05) is 6.54 Å². The van der Waals surface area contributed by atoms with Gasteiger partial charge in [-0.2, -0.15) is 0 Å². The van der Waals surface area contributed by atoms with Gasteiger partial charge in [-0.3, -0.25) is 14.6 Å². The molecule has 1 fully saturated rings. The number of rotatable bonds is 3. The molecule has 0 saturated heterocycles. The zero-order valence-electron chi connectivity index (χ0n) is 7.75. The highest BCUT2D eigenvalue weighted by Gasteiger charge is 2.34. The molecule has 0 bridgehead atoms. The quantitative estimate of drug-likeness (QED) is 0.371. The van der Waals surface area contributed by atoms with Gasteiger partial charge in [-0.1, -0.05) is 6.08 Å². The maximum Gasteiger partial charge on any atom is 0.149 e. The Morgan fingerprint density at radius 3 is 2.54 bits per heavy atom. The third kappa shape index (κ3) is 2.11. The molecule has 0 radical (unpaired) electrons. The molecule has 1 aliphatic carbocycles. The molecule has 0 aromatic carbocycles. The molecule has 70 valence electrons.